The monoisotopic (exact) mass is 411 g/mol. The van der Waals surface area contributed by atoms with Crippen LogP contribution in [0.25, 0.3) is 0 Å². The summed E-state index contributed by atoms with van der Waals surface area (Å²) < 4.78 is 37.6. The predicted octanol–water partition coefficient (Wildman–Crippen LogP) is 2.19. The van der Waals surface area contributed by atoms with E-state index in [0.29, 0.717) is 12.4 Å². The Morgan fingerprint density at radius 1 is 1.26 bits per heavy atom. The molecule has 0 N–H and O–H groups in total. The van der Waals surface area contributed by atoms with Crippen LogP contribution in [0.2, 0.25) is 0 Å². The van der Waals surface area contributed by atoms with Crippen LogP contribution in [-0.4, -0.2) is 62.6 Å². The Labute approximate surface area is 164 Å². The Hall–Kier alpha value is -1.52. The summed E-state index contributed by atoms with van der Waals surface area (Å²) in [6, 6.07) is 6.49. The molecule has 3 rings (SSSR count). The fourth-order valence-corrected chi connectivity index (χ4v) is 4.78. The number of ether oxygens (including phenoxy) is 2. The average molecular weight is 412 g/mol. The normalized spacial score (nSPS) is 16.0. The van der Waals surface area contributed by atoms with Gasteiger partial charge in [0.25, 0.3) is 0 Å². The summed E-state index contributed by atoms with van der Waals surface area (Å²) in [5, 5.41) is 2.93. The van der Waals surface area contributed by atoms with Gasteiger partial charge in [0.1, 0.15) is 10.8 Å². The molecule has 0 aliphatic carbocycles. The van der Waals surface area contributed by atoms with Crippen molar-refractivity contribution >= 4 is 21.4 Å². The number of thiazole rings is 1. The lowest BCUT2D eigenvalue weighted by Gasteiger charge is -2.25. The van der Waals surface area contributed by atoms with Crippen molar-refractivity contribution in [3.05, 3.63) is 40.3 Å². The fraction of sp³-hybridized carbons (Fsp3) is 0.500. The summed E-state index contributed by atoms with van der Waals surface area (Å²) in [4.78, 5) is 7.15. The van der Waals surface area contributed by atoms with Crippen LogP contribution in [-0.2, 0) is 27.8 Å². The van der Waals surface area contributed by atoms with Gasteiger partial charge in [-0.25, -0.2) is 13.4 Å². The van der Waals surface area contributed by atoms with Crippen molar-refractivity contribution in [3.63, 3.8) is 0 Å². The number of morpholine rings is 1. The molecule has 0 atom stereocenters. The molecule has 1 aromatic heterocycles. The van der Waals surface area contributed by atoms with Crippen molar-refractivity contribution in [3.8, 4) is 5.75 Å². The summed E-state index contributed by atoms with van der Waals surface area (Å²) in [6.45, 7) is 6.77. The summed E-state index contributed by atoms with van der Waals surface area (Å²) in [7, 11) is -2.00. The molecule has 0 spiro atoms. The number of hydrogen-bond acceptors (Lipinski definition) is 7. The second kappa shape index (κ2) is 9.11. The zero-order valence-corrected chi connectivity index (χ0v) is 17.3. The van der Waals surface area contributed by atoms with Gasteiger partial charge in [-0.1, -0.05) is 0 Å². The predicted molar refractivity (Wildman–Crippen MR) is 104 cm³/mol. The summed E-state index contributed by atoms with van der Waals surface area (Å²) in [6.07, 6.45) is 0. The first-order chi connectivity index (χ1) is 13.0. The van der Waals surface area contributed by atoms with Gasteiger partial charge < -0.3 is 9.47 Å². The maximum absolute atomic E-state index is 12.8. The van der Waals surface area contributed by atoms with Crippen molar-refractivity contribution < 1.29 is 17.9 Å². The van der Waals surface area contributed by atoms with E-state index in [1.807, 2.05) is 12.3 Å². The van der Waals surface area contributed by atoms with Crippen molar-refractivity contribution in [1.82, 2.24) is 14.2 Å². The van der Waals surface area contributed by atoms with E-state index < -0.39 is 10.0 Å². The molecule has 148 valence electrons. The van der Waals surface area contributed by atoms with E-state index >= 15 is 0 Å². The first kappa shape index (κ1) is 20.2. The molecule has 1 fully saturated rings. The Morgan fingerprint density at radius 2 is 1.96 bits per heavy atom. The number of nitrogens with zero attached hydrogens (tertiary/aromatic N) is 3. The standard InChI is InChI=1S/C18H25N3O4S2/c1-3-25-16-4-6-17(7-5-16)27(22,23)20(2)12-15-14-26-18(19-15)13-21-8-10-24-11-9-21/h4-7,14H,3,8-13H2,1-2H3. The topological polar surface area (TPSA) is 72.0 Å². The minimum atomic E-state index is -3.57. The molecule has 1 aromatic carbocycles. The lowest BCUT2D eigenvalue weighted by molar-refractivity contribution is 0.0341. The minimum Gasteiger partial charge on any atom is -0.494 e. The first-order valence-corrected chi connectivity index (χ1v) is 11.2. The molecular formula is C18H25N3O4S2. The van der Waals surface area contributed by atoms with Gasteiger partial charge in [0, 0.05) is 25.5 Å². The summed E-state index contributed by atoms with van der Waals surface area (Å²) in [5.41, 5.74) is 0.764. The van der Waals surface area contributed by atoms with Crippen molar-refractivity contribution in [2.45, 2.75) is 24.9 Å². The highest BCUT2D eigenvalue weighted by Gasteiger charge is 2.22. The Kier molecular flexibility index (Phi) is 6.83. The Bertz CT molecular complexity index is 831. The SMILES string of the molecule is CCOc1ccc(S(=O)(=O)N(C)Cc2csc(CN3CCOCC3)n2)cc1. The summed E-state index contributed by atoms with van der Waals surface area (Å²) >= 11 is 1.57. The number of sulfonamides is 1. The van der Waals surface area contributed by atoms with Crippen LogP contribution >= 0.6 is 11.3 Å². The minimum absolute atomic E-state index is 0.245. The first-order valence-electron chi connectivity index (χ1n) is 8.91. The van der Waals surface area contributed by atoms with E-state index in [1.165, 1.54) is 4.31 Å². The summed E-state index contributed by atoms with van der Waals surface area (Å²) in [5.74, 6) is 0.659. The number of benzene rings is 1. The molecule has 0 bridgehead atoms. The molecular weight excluding hydrogens is 386 g/mol. The zero-order chi connectivity index (χ0) is 19.3. The van der Waals surface area contributed by atoms with E-state index in [1.54, 1.807) is 42.6 Å². The highest BCUT2D eigenvalue weighted by molar-refractivity contribution is 7.89. The average Bonchev–Trinajstić information content (AvgIpc) is 3.10. The lowest BCUT2D eigenvalue weighted by atomic mass is 10.3. The maximum Gasteiger partial charge on any atom is 0.243 e. The van der Waals surface area contributed by atoms with Crippen molar-refractivity contribution in [1.29, 1.82) is 0 Å². The largest absolute Gasteiger partial charge is 0.494 e. The molecule has 0 saturated carbocycles. The molecule has 9 heteroatoms. The second-order valence-corrected chi connectivity index (χ2v) is 9.27. The van der Waals surface area contributed by atoms with E-state index in [4.69, 9.17) is 9.47 Å². The van der Waals surface area contributed by atoms with E-state index in [9.17, 15) is 8.42 Å². The van der Waals surface area contributed by atoms with Gasteiger partial charge in [0.2, 0.25) is 10.0 Å². The van der Waals surface area contributed by atoms with Gasteiger partial charge in [-0.15, -0.1) is 11.3 Å². The third-order valence-corrected chi connectivity index (χ3v) is 6.99. The van der Waals surface area contributed by atoms with Crippen LogP contribution < -0.4 is 4.74 Å². The molecule has 27 heavy (non-hydrogen) atoms. The molecule has 2 aromatic rings. The highest BCUT2D eigenvalue weighted by Crippen LogP contribution is 2.21. The van der Waals surface area contributed by atoms with Gasteiger partial charge >= 0.3 is 0 Å². The Balaban J connectivity index is 1.62. The zero-order valence-electron chi connectivity index (χ0n) is 15.6. The smallest absolute Gasteiger partial charge is 0.243 e. The van der Waals surface area contributed by atoms with Crippen LogP contribution in [0, 0.1) is 0 Å². The molecule has 2 heterocycles. The second-order valence-electron chi connectivity index (χ2n) is 6.29. The molecule has 1 aliphatic heterocycles. The van der Waals surface area contributed by atoms with Crippen molar-refractivity contribution in [2.24, 2.45) is 0 Å². The van der Waals surface area contributed by atoms with Crippen molar-refractivity contribution in [2.75, 3.05) is 40.0 Å². The maximum atomic E-state index is 12.8. The molecule has 0 radical (unpaired) electrons. The van der Waals surface area contributed by atoms with Gasteiger partial charge in [-0.3, -0.25) is 4.90 Å². The number of rotatable bonds is 8. The lowest BCUT2D eigenvalue weighted by Crippen LogP contribution is -2.35. The quantitative estimate of drug-likeness (QED) is 0.663. The van der Waals surface area contributed by atoms with Crippen LogP contribution in [0.15, 0.2) is 34.5 Å². The van der Waals surface area contributed by atoms with Crippen LogP contribution in [0.3, 0.4) is 0 Å². The van der Waals surface area contributed by atoms with Crippen LogP contribution in [0.1, 0.15) is 17.6 Å². The van der Waals surface area contributed by atoms with Gasteiger partial charge in [0.15, 0.2) is 0 Å². The Morgan fingerprint density at radius 3 is 2.63 bits per heavy atom. The highest BCUT2D eigenvalue weighted by atomic mass is 32.2. The third-order valence-electron chi connectivity index (χ3n) is 4.29. The number of aromatic nitrogens is 1. The fourth-order valence-electron chi connectivity index (χ4n) is 2.81. The van der Waals surface area contributed by atoms with E-state index in [-0.39, 0.29) is 11.4 Å². The third kappa shape index (κ3) is 5.26. The van der Waals surface area contributed by atoms with E-state index in [2.05, 4.69) is 9.88 Å². The molecule has 7 nitrogen and oxygen atoms in total. The van der Waals surface area contributed by atoms with E-state index in [0.717, 1.165) is 43.5 Å². The van der Waals surface area contributed by atoms with Gasteiger partial charge in [-0.2, -0.15) is 4.31 Å². The van der Waals surface area contributed by atoms with Gasteiger partial charge in [0.05, 0.1) is 43.5 Å². The van der Waals surface area contributed by atoms with Crippen LogP contribution in [0.5, 0.6) is 5.75 Å². The molecule has 0 unspecified atom stereocenters. The van der Waals surface area contributed by atoms with Crippen LogP contribution in [0.4, 0.5) is 0 Å². The molecule has 0 amide bonds. The van der Waals surface area contributed by atoms with Gasteiger partial charge in [-0.05, 0) is 31.2 Å². The number of hydrogen-bond donors (Lipinski definition) is 0. The molecule has 1 saturated heterocycles. The molecule has 1 aliphatic rings.